The standard InChI is InChI=1S/C15H14ClFIN5O2/c1-6-9(16)11-8-12(10(6)17)21(2)14(24)7-5-19-3-4-22(7)13(8)20-15(25)23(11)18/h7,19H,3-5H2,1-2H3. The lowest BCUT2D eigenvalue weighted by atomic mass is 10.1. The van der Waals surface area contributed by atoms with E-state index in [4.69, 9.17) is 11.6 Å². The zero-order valence-electron chi connectivity index (χ0n) is 13.4. The summed E-state index contributed by atoms with van der Waals surface area (Å²) < 4.78 is 16.4. The van der Waals surface area contributed by atoms with Crippen LogP contribution in [0.2, 0.25) is 5.02 Å². The molecule has 1 saturated heterocycles. The molecule has 0 radical (unpaired) electrons. The normalized spacial score (nSPS) is 20.0. The van der Waals surface area contributed by atoms with Crippen molar-refractivity contribution in [3.05, 3.63) is 26.9 Å². The van der Waals surface area contributed by atoms with Gasteiger partial charge in [-0.05, 0) is 6.92 Å². The molecule has 1 fully saturated rings. The van der Waals surface area contributed by atoms with Crippen LogP contribution in [0.25, 0.3) is 10.9 Å². The van der Waals surface area contributed by atoms with E-state index in [1.54, 1.807) is 27.8 Å². The summed E-state index contributed by atoms with van der Waals surface area (Å²) in [6.07, 6.45) is 0. The molecule has 4 rings (SSSR count). The predicted molar refractivity (Wildman–Crippen MR) is 103 cm³/mol. The Bertz CT molecular complexity index is 995. The Morgan fingerprint density at radius 3 is 2.84 bits per heavy atom. The van der Waals surface area contributed by atoms with Crippen LogP contribution in [0.5, 0.6) is 0 Å². The highest BCUT2D eigenvalue weighted by Crippen LogP contribution is 2.43. The number of anilines is 2. The van der Waals surface area contributed by atoms with Gasteiger partial charge in [0.05, 0.1) is 44.5 Å². The van der Waals surface area contributed by atoms with Crippen molar-refractivity contribution in [3.8, 4) is 0 Å². The molecular formula is C15H14ClFIN5O2. The summed E-state index contributed by atoms with van der Waals surface area (Å²) in [5, 5.41) is 3.71. The number of fused-ring (bicyclic) bond motifs is 2. The Labute approximate surface area is 161 Å². The van der Waals surface area contributed by atoms with E-state index in [0.29, 0.717) is 36.4 Å². The third-order valence-electron chi connectivity index (χ3n) is 4.80. The number of nitrogens with zero attached hydrogens (tertiary/aromatic N) is 4. The molecule has 1 aromatic carbocycles. The topological polar surface area (TPSA) is 70.5 Å². The van der Waals surface area contributed by atoms with Gasteiger partial charge < -0.3 is 15.1 Å². The lowest BCUT2D eigenvalue weighted by Gasteiger charge is -2.35. The van der Waals surface area contributed by atoms with Gasteiger partial charge in [0.2, 0.25) is 0 Å². The molecule has 1 amide bonds. The molecule has 2 aromatic rings. The van der Waals surface area contributed by atoms with Crippen molar-refractivity contribution in [2.45, 2.75) is 13.0 Å². The first-order chi connectivity index (χ1) is 11.8. The number of halogens is 3. The maximum absolute atomic E-state index is 15.1. The Hall–Kier alpha value is -1.46. The Morgan fingerprint density at radius 2 is 2.12 bits per heavy atom. The third-order valence-corrected chi connectivity index (χ3v) is 6.16. The van der Waals surface area contributed by atoms with E-state index in [-0.39, 0.29) is 22.2 Å². The van der Waals surface area contributed by atoms with Gasteiger partial charge in [-0.3, -0.25) is 4.79 Å². The van der Waals surface area contributed by atoms with E-state index >= 15 is 4.39 Å². The fraction of sp³-hybridized carbons (Fsp3) is 0.400. The van der Waals surface area contributed by atoms with E-state index in [0.717, 1.165) is 0 Å². The first-order valence-electron chi connectivity index (χ1n) is 7.70. The monoisotopic (exact) mass is 477 g/mol. The van der Waals surface area contributed by atoms with Crippen LogP contribution in [-0.2, 0) is 4.79 Å². The minimum atomic E-state index is -0.570. The number of piperazine rings is 1. The molecule has 1 atom stereocenters. The molecule has 10 heteroatoms. The smallest absolute Gasteiger partial charge is 0.341 e. The highest BCUT2D eigenvalue weighted by Gasteiger charge is 2.40. The fourth-order valence-corrected chi connectivity index (χ4v) is 4.50. The van der Waals surface area contributed by atoms with Crippen LogP contribution in [0, 0.1) is 12.7 Å². The van der Waals surface area contributed by atoms with E-state index < -0.39 is 17.5 Å². The van der Waals surface area contributed by atoms with Crippen molar-refractivity contribution in [2.75, 3.05) is 36.5 Å². The van der Waals surface area contributed by atoms with Crippen molar-refractivity contribution in [2.24, 2.45) is 0 Å². The van der Waals surface area contributed by atoms with Crippen LogP contribution < -0.4 is 20.8 Å². The van der Waals surface area contributed by atoms with Crippen molar-refractivity contribution < 1.29 is 9.18 Å². The number of carbonyl (C=O) groups excluding carboxylic acids is 1. The number of nitrogens with one attached hydrogen (secondary N) is 1. The van der Waals surface area contributed by atoms with E-state index in [1.807, 2.05) is 0 Å². The summed E-state index contributed by atoms with van der Waals surface area (Å²) in [7, 11) is 1.54. The quantitative estimate of drug-likeness (QED) is 0.582. The van der Waals surface area contributed by atoms with Crippen LogP contribution in [-0.4, -0.2) is 46.4 Å². The molecule has 1 N–H and O–H groups in total. The summed E-state index contributed by atoms with van der Waals surface area (Å²) in [4.78, 5) is 32.6. The first kappa shape index (κ1) is 17.0. The van der Waals surface area contributed by atoms with E-state index in [9.17, 15) is 9.59 Å². The molecule has 2 aliphatic rings. The second kappa shape index (κ2) is 5.78. The summed E-state index contributed by atoms with van der Waals surface area (Å²) in [6.45, 7) is 3.07. The van der Waals surface area contributed by atoms with Gasteiger partial charge in [-0.1, -0.05) is 11.6 Å². The molecule has 0 bridgehead atoms. The molecule has 132 valence electrons. The predicted octanol–water partition coefficient (Wildman–Crippen LogP) is 1.45. The van der Waals surface area contributed by atoms with Gasteiger partial charge in [-0.25, -0.2) is 12.0 Å². The molecule has 1 unspecified atom stereocenters. The summed E-state index contributed by atoms with van der Waals surface area (Å²) in [6, 6.07) is -0.551. The highest BCUT2D eigenvalue weighted by molar-refractivity contribution is 14.1. The van der Waals surface area contributed by atoms with Gasteiger partial charge in [-0.2, -0.15) is 4.98 Å². The van der Waals surface area contributed by atoms with Crippen LogP contribution in [0.3, 0.4) is 0 Å². The summed E-state index contributed by atoms with van der Waals surface area (Å²) >= 11 is 8.18. The minimum absolute atomic E-state index is 0.115. The third kappa shape index (κ3) is 2.21. The molecule has 0 aliphatic carbocycles. The van der Waals surface area contributed by atoms with Crippen LogP contribution >= 0.6 is 34.5 Å². The van der Waals surface area contributed by atoms with Crippen molar-refractivity contribution >= 4 is 62.8 Å². The number of hydrogen-bond acceptors (Lipinski definition) is 5. The lowest BCUT2D eigenvalue weighted by Crippen LogP contribution is -2.58. The number of benzene rings is 1. The average molecular weight is 478 g/mol. The molecule has 7 nitrogen and oxygen atoms in total. The van der Waals surface area contributed by atoms with Gasteiger partial charge >= 0.3 is 5.69 Å². The molecule has 25 heavy (non-hydrogen) atoms. The summed E-state index contributed by atoms with van der Waals surface area (Å²) in [5.41, 5.74) is 0.189. The van der Waals surface area contributed by atoms with Crippen molar-refractivity contribution in [3.63, 3.8) is 0 Å². The van der Waals surface area contributed by atoms with Crippen molar-refractivity contribution in [1.29, 1.82) is 0 Å². The number of likely N-dealkylation sites (N-methyl/N-ethyl adjacent to an activating group) is 1. The molecule has 2 aliphatic heterocycles. The van der Waals surface area contributed by atoms with Crippen molar-refractivity contribution in [1.82, 2.24) is 13.1 Å². The molecule has 0 saturated carbocycles. The molecule has 1 aromatic heterocycles. The van der Waals surface area contributed by atoms with Gasteiger partial charge in [0.25, 0.3) is 5.91 Å². The fourth-order valence-electron chi connectivity index (χ4n) is 3.50. The number of amides is 1. The first-order valence-corrected chi connectivity index (χ1v) is 9.04. The number of carbonyl (C=O) groups is 1. The highest BCUT2D eigenvalue weighted by atomic mass is 127. The van der Waals surface area contributed by atoms with Gasteiger partial charge in [0.15, 0.2) is 5.82 Å². The zero-order chi connectivity index (χ0) is 18.0. The molecule has 3 heterocycles. The SMILES string of the molecule is Cc1c(F)c2c3c(nc(=O)n(I)c3c1Cl)N1CCNCC1C(=O)N2C. The van der Waals surface area contributed by atoms with Crippen LogP contribution in [0.1, 0.15) is 5.56 Å². The largest absolute Gasteiger partial charge is 0.359 e. The maximum Gasteiger partial charge on any atom is 0.359 e. The Morgan fingerprint density at radius 1 is 1.40 bits per heavy atom. The van der Waals surface area contributed by atoms with Gasteiger partial charge in [0.1, 0.15) is 11.9 Å². The van der Waals surface area contributed by atoms with Gasteiger partial charge in [-0.15, -0.1) is 0 Å². The van der Waals surface area contributed by atoms with E-state index in [1.165, 1.54) is 21.7 Å². The maximum atomic E-state index is 15.1. The second-order valence-corrected chi connectivity index (χ2v) is 7.48. The zero-order valence-corrected chi connectivity index (χ0v) is 16.4. The average Bonchev–Trinajstić information content (AvgIpc) is 2.69. The Kier molecular flexibility index (Phi) is 3.92. The number of hydrogen-bond donors (Lipinski definition) is 1. The second-order valence-electron chi connectivity index (χ2n) is 6.13. The van der Waals surface area contributed by atoms with Crippen LogP contribution in [0.4, 0.5) is 15.9 Å². The van der Waals surface area contributed by atoms with Crippen LogP contribution in [0.15, 0.2) is 4.79 Å². The summed E-state index contributed by atoms with van der Waals surface area (Å²) in [5.74, 6) is -0.508. The van der Waals surface area contributed by atoms with E-state index in [2.05, 4.69) is 10.3 Å². The number of aromatic nitrogens is 2. The lowest BCUT2D eigenvalue weighted by molar-refractivity contribution is -0.119. The minimum Gasteiger partial charge on any atom is -0.341 e. The number of rotatable bonds is 0. The molecule has 0 spiro atoms. The van der Waals surface area contributed by atoms with Gasteiger partial charge in [0, 0.05) is 32.2 Å². The Balaban J connectivity index is 2.24. The molecular weight excluding hydrogens is 464 g/mol.